The van der Waals surface area contributed by atoms with Crippen LogP contribution in [0.5, 0.6) is 0 Å². The first-order valence-corrected chi connectivity index (χ1v) is 7.94. The van der Waals surface area contributed by atoms with Gasteiger partial charge < -0.3 is 4.74 Å². The summed E-state index contributed by atoms with van der Waals surface area (Å²) >= 11 is 0. The van der Waals surface area contributed by atoms with Crippen LogP contribution in [-0.2, 0) is 20.7 Å². The number of hydrogen-bond donors (Lipinski definition) is 0. The van der Waals surface area contributed by atoms with Crippen molar-refractivity contribution in [2.75, 3.05) is 13.1 Å². The molecular formula is C18H25NO3. The number of hydrogen-bond acceptors (Lipinski definition) is 4. The molecular weight excluding hydrogens is 278 g/mol. The topological polar surface area (TPSA) is 46.6 Å². The van der Waals surface area contributed by atoms with Crippen LogP contribution in [0.4, 0.5) is 0 Å². The molecule has 0 radical (unpaired) electrons. The molecule has 1 aromatic rings. The van der Waals surface area contributed by atoms with E-state index in [1.807, 2.05) is 56.0 Å². The first kappa shape index (κ1) is 16.7. The second-order valence-electron chi connectivity index (χ2n) is 6.49. The van der Waals surface area contributed by atoms with Crippen LogP contribution in [0.15, 0.2) is 30.3 Å². The molecule has 1 aliphatic heterocycles. The molecule has 0 saturated carbocycles. The highest BCUT2D eigenvalue weighted by molar-refractivity contribution is 5.87. The number of carbonyl (C=O) groups is 2. The van der Waals surface area contributed by atoms with Crippen LogP contribution in [0.1, 0.15) is 39.2 Å². The van der Waals surface area contributed by atoms with Crippen molar-refractivity contribution in [1.82, 2.24) is 4.90 Å². The second kappa shape index (κ2) is 7.05. The van der Waals surface area contributed by atoms with E-state index in [2.05, 4.69) is 0 Å². The van der Waals surface area contributed by atoms with Crippen molar-refractivity contribution < 1.29 is 14.3 Å². The molecule has 0 N–H and O–H groups in total. The number of ether oxygens (including phenoxy) is 1. The Balaban J connectivity index is 1.91. The highest BCUT2D eigenvalue weighted by Crippen LogP contribution is 2.23. The summed E-state index contributed by atoms with van der Waals surface area (Å²) in [6.45, 7) is 7.24. The average molecular weight is 303 g/mol. The minimum Gasteiger partial charge on any atom is -0.457 e. The first-order chi connectivity index (χ1) is 10.4. The second-order valence-corrected chi connectivity index (χ2v) is 6.49. The number of rotatable bonds is 6. The van der Waals surface area contributed by atoms with E-state index in [1.165, 1.54) is 0 Å². The molecule has 1 aliphatic rings. The Kier molecular flexibility index (Phi) is 5.35. The van der Waals surface area contributed by atoms with Crippen LogP contribution in [0.25, 0.3) is 0 Å². The van der Waals surface area contributed by atoms with Gasteiger partial charge in [-0.25, -0.2) is 0 Å². The van der Waals surface area contributed by atoms with Crippen molar-refractivity contribution in [3.8, 4) is 0 Å². The molecule has 0 aromatic heterocycles. The third-order valence-corrected chi connectivity index (χ3v) is 4.04. The predicted octanol–water partition coefficient (Wildman–Crippen LogP) is 2.60. The fourth-order valence-corrected chi connectivity index (χ4v) is 2.91. The largest absolute Gasteiger partial charge is 0.457 e. The zero-order valence-electron chi connectivity index (χ0n) is 13.7. The van der Waals surface area contributed by atoms with Gasteiger partial charge in [-0.05, 0) is 32.4 Å². The Labute approximate surface area is 132 Å². The van der Waals surface area contributed by atoms with Crippen molar-refractivity contribution >= 4 is 11.8 Å². The SMILES string of the molecule is CCN1CC(C)(C)OC(=O)C1CC(=O)CCc1ccccc1. The van der Waals surface area contributed by atoms with Gasteiger partial charge in [0.25, 0.3) is 0 Å². The number of Topliss-reactive ketones (excluding diaryl/α,β-unsaturated/α-hetero) is 1. The Bertz CT molecular complexity index is 524. The normalized spacial score (nSPS) is 21.4. The molecule has 0 aliphatic carbocycles. The zero-order chi connectivity index (χ0) is 16.2. The van der Waals surface area contributed by atoms with Crippen molar-refractivity contribution in [2.24, 2.45) is 0 Å². The fourth-order valence-electron chi connectivity index (χ4n) is 2.91. The molecule has 1 heterocycles. The molecule has 120 valence electrons. The van der Waals surface area contributed by atoms with Crippen molar-refractivity contribution in [3.05, 3.63) is 35.9 Å². The van der Waals surface area contributed by atoms with E-state index in [1.54, 1.807) is 0 Å². The minimum atomic E-state index is -0.476. The molecule has 1 aromatic carbocycles. The minimum absolute atomic E-state index is 0.115. The number of carbonyl (C=O) groups excluding carboxylic acids is 2. The summed E-state index contributed by atoms with van der Waals surface area (Å²) in [4.78, 5) is 26.4. The lowest BCUT2D eigenvalue weighted by Crippen LogP contribution is -2.57. The van der Waals surface area contributed by atoms with Crippen LogP contribution >= 0.6 is 0 Å². The monoisotopic (exact) mass is 303 g/mol. The summed E-state index contributed by atoms with van der Waals surface area (Å²) in [7, 11) is 0. The van der Waals surface area contributed by atoms with Gasteiger partial charge in [0, 0.05) is 19.4 Å². The van der Waals surface area contributed by atoms with Crippen molar-refractivity contribution in [1.29, 1.82) is 0 Å². The van der Waals surface area contributed by atoms with Gasteiger partial charge in [-0.1, -0.05) is 37.3 Å². The Hall–Kier alpha value is -1.68. The number of nitrogens with zero attached hydrogens (tertiary/aromatic N) is 1. The lowest BCUT2D eigenvalue weighted by molar-refractivity contribution is -0.178. The van der Waals surface area contributed by atoms with Gasteiger partial charge in [0.1, 0.15) is 17.4 Å². The highest BCUT2D eigenvalue weighted by Gasteiger charge is 2.40. The van der Waals surface area contributed by atoms with Gasteiger partial charge in [0.15, 0.2) is 0 Å². The molecule has 1 atom stereocenters. The lowest BCUT2D eigenvalue weighted by Gasteiger charge is -2.41. The van der Waals surface area contributed by atoms with Gasteiger partial charge in [-0.2, -0.15) is 0 Å². The van der Waals surface area contributed by atoms with Gasteiger partial charge in [-0.3, -0.25) is 14.5 Å². The molecule has 0 amide bonds. The van der Waals surface area contributed by atoms with Gasteiger partial charge >= 0.3 is 5.97 Å². The van der Waals surface area contributed by atoms with Crippen LogP contribution in [0, 0.1) is 0 Å². The third-order valence-electron chi connectivity index (χ3n) is 4.04. The summed E-state index contributed by atoms with van der Waals surface area (Å²) in [5.74, 6) is -0.157. The van der Waals surface area contributed by atoms with E-state index in [9.17, 15) is 9.59 Å². The molecule has 1 saturated heterocycles. The molecule has 0 bridgehead atoms. The van der Waals surface area contributed by atoms with Gasteiger partial charge in [0.2, 0.25) is 0 Å². The first-order valence-electron chi connectivity index (χ1n) is 7.94. The molecule has 4 heteroatoms. The Morgan fingerprint density at radius 3 is 2.64 bits per heavy atom. The van der Waals surface area contributed by atoms with E-state index < -0.39 is 11.6 Å². The molecule has 22 heavy (non-hydrogen) atoms. The maximum Gasteiger partial charge on any atom is 0.324 e. The summed E-state index contributed by atoms with van der Waals surface area (Å²) in [5, 5.41) is 0. The van der Waals surface area contributed by atoms with E-state index in [4.69, 9.17) is 4.74 Å². The number of cyclic esters (lactones) is 1. The van der Waals surface area contributed by atoms with E-state index in [0.29, 0.717) is 13.0 Å². The number of likely N-dealkylation sites (N-methyl/N-ethyl adjacent to an activating group) is 1. The Morgan fingerprint density at radius 2 is 2.00 bits per heavy atom. The van der Waals surface area contributed by atoms with Crippen molar-refractivity contribution in [3.63, 3.8) is 0 Å². The summed E-state index contributed by atoms with van der Waals surface area (Å²) in [6, 6.07) is 9.51. The number of esters is 1. The summed E-state index contributed by atoms with van der Waals surface area (Å²) in [6.07, 6.45) is 1.43. The maximum absolute atomic E-state index is 12.2. The number of ketones is 1. The zero-order valence-corrected chi connectivity index (χ0v) is 13.7. The number of aryl methyl sites for hydroxylation is 1. The molecule has 1 unspecified atom stereocenters. The van der Waals surface area contributed by atoms with Gasteiger partial charge in [-0.15, -0.1) is 0 Å². The standard InChI is InChI=1S/C18H25NO3/c1-4-19-13-18(2,3)22-17(21)16(19)12-15(20)11-10-14-8-6-5-7-9-14/h5-9,16H,4,10-13H2,1-3H3. The fraction of sp³-hybridized carbons (Fsp3) is 0.556. The lowest BCUT2D eigenvalue weighted by atomic mass is 9.98. The van der Waals surface area contributed by atoms with Crippen LogP contribution in [-0.4, -0.2) is 41.4 Å². The molecule has 2 rings (SSSR count). The van der Waals surface area contributed by atoms with Crippen LogP contribution in [0.3, 0.4) is 0 Å². The smallest absolute Gasteiger partial charge is 0.324 e. The van der Waals surface area contributed by atoms with Crippen molar-refractivity contribution in [2.45, 2.75) is 51.7 Å². The maximum atomic E-state index is 12.2. The quantitative estimate of drug-likeness (QED) is 0.758. The summed E-state index contributed by atoms with van der Waals surface area (Å²) in [5.41, 5.74) is 0.673. The number of morpholine rings is 1. The van der Waals surface area contributed by atoms with Crippen LogP contribution in [0.2, 0.25) is 0 Å². The number of benzene rings is 1. The third kappa shape index (κ3) is 4.41. The summed E-state index contributed by atoms with van der Waals surface area (Å²) < 4.78 is 5.45. The highest BCUT2D eigenvalue weighted by atomic mass is 16.6. The van der Waals surface area contributed by atoms with E-state index >= 15 is 0 Å². The average Bonchev–Trinajstić information content (AvgIpc) is 2.48. The molecule has 1 fully saturated rings. The van der Waals surface area contributed by atoms with Gasteiger partial charge in [0.05, 0.1) is 0 Å². The van der Waals surface area contributed by atoms with Crippen LogP contribution < -0.4 is 0 Å². The van der Waals surface area contributed by atoms with E-state index in [0.717, 1.165) is 18.5 Å². The Morgan fingerprint density at radius 1 is 1.32 bits per heavy atom. The molecule has 0 spiro atoms. The predicted molar refractivity (Wildman–Crippen MR) is 85.6 cm³/mol. The van der Waals surface area contributed by atoms with E-state index in [-0.39, 0.29) is 18.2 Å². The molecule has 4 nitrogen and oxygen atoms in total.